The van der Waals surface area contributed by atoms with Gasteiger partial charge in [-0.25, -0.2) is 4.79 Å². The fraction of sp³-hybridized carbons (Fsp3) is 0.467. The zero-order chi connectivity index (χ0) is 14.7. The van der Waals surface area contributed by atoms with Crippen LogP contribution in [0.3, 0.4) is 0 Å². The third-order valence-corrected chi connectivity index (χ3v) is 3.89. The predicted molar refractivity (Wildman–Crippen MR) is 81.5 cm³/mol. The quantitative estimate of drug-likeness (QED) is 0.782. The number of benzene rings is 1. The highest BCUT2D eigenvalue weighted by atomic mass is 16.2. The van der Waals surface area contributed by atoms with Crippen LogP contribution in [0.1, 0.15) is 19.3 Å². The largest absolute Gasteiger partial charge is 0.336 e. The summed E-state index contributed by atoms with van der Waals surface area (Å²) in [6.07, 6.45) is 2.69. The highest BCUT2D eigenvalue weighted by Crippen LogP contribution is 2.21. The van der Waals surface area contributed by atoms with Crippen LogP contribution < -0.4 is 20.9 Å². The van der Waals surface area contributed by atoms with Gasteiger partial charge in [0, 0.05) is 36.9 Å². The molecular weight excluding hydrogens is 268 g/mol. The van der Waals surface area contributed by atoms with E-state index in [9.17, 15) is 9.59 Å². The molecule has 0 aliphatic carbocycles. The fourth-order valence-electron chi connectivity index (χ4n) is 2.84. The molecule has 2 aliphatic rings. The first-order valence-corrected chi connectivity index (χ1v) is 7.41. The Bertz CT molecular complexity index is 540. The molecule has 112 valence electrons. The van der Waals surface area contributed by atoms with Crippen molar-refractivity contribution in [2.75, 3.05) is 29.9 Å². The predicted octanol–water partition coefficient (Wildman–Crippen LogP) is 1.30. The number of hydrogen-bond donors (Lipinski definition) is 3. The number of urea groups is 1. The summed E-state index contributed by atoms with van der Waals surface area (Å²) in [5.41, 5.74) is 1.54. The summed E-state index contributed by atoms with van der Waals surface area (Å²) in [6, 6.07) is 7.61. The van der Waals surface area contributed by atoms with E-state index in [-0.39, 0.29) is 18.0 Å². The first-order valence-electron chi connectivity index (χ1n) is 7.41. The maximum Gasteiger partial charge on any atom is 0.321 e. The van der Waals surface area contributed by atoms with Gasteiger partial charge in [0.25, 0.3) is 0 Å². The molecule has 0 saturated carbocycles. The number of carbonyl (C=O) groups excluding carboxylic acids is 2. The lowest BCUT2D eigenvalue weighted by Gasteiger charge is -2.16. The fourth-order valence-corrected chi connectivity index (χ4v) is 2.84. The van der Waals surface area contributed by atoms with E-state index in [1.54, 1.807) is 4.90 Å². The van der Waals surface area contributed by atoms with E-state index >= 15 is 0 Å². The molecule has 1 aromatic rings. The Morgan fingerprint density at radius 1 is 1.38 bits per heavy atom. The monoisotopic (exact) mass is 288 g/mol. The summed E-state index contributed by atoms with van der Waals surface area (Å²) >= 11 is 0. The van der Waals surface area contributed by atoms with Crippen molar-refractivity contribution in [2.24, 2.45) is 0 Å². The summed E-state index contributed by atoms with van der Waals surface area (Å²) in [6.45, 7) is 2.31. The van der Waals surface area contributed by atoms with Crippen molar-refractivity contribution in [3.05, 3.63) is 24.3 Å². The molecule has 21 heavy (non-hydrogen) atoms. The normalized spacial score (nSPS) is 21.4. The van der Waals surface area contributed by atoms with Gasteiger partial charge in [-0.15, -0.1) is 0 Å². The lowest BCUT2D eigenvalue weighted by atomic mass is 10.1. The Labute approximate surface area is 123 Å². The minimum Gasteiger partial charge on any atom is -0.336 e. The van der Waals surface area contributed by atoms with Gasteiger partial charge in [-0.3, -0.25) is 9.69 Å². The van der Waals surface area contributed by atoms with Crippen molar-refractivity contribution in [3.8, 4) is 0 Å². The summed E-state index contributed by atoms with van der Waals surface area (Å²) < 4.78 is 0. The summed E-state index contributed by atoms with van der Waals surface area (Å²) in [4.78, 5) is 25.4. The molecule has 1 unspecified atom stereocenters. The number of hydrogen-bond acceptors (Lipinski definition) is 3. The van der Waals surface area contributed by atoms with Gasteiger partial charge in [-0.05, 0) is 37.6 Å². The van der Waals surface area contributed by atoms with Crippen LogP contribution in [0.15, 0.2) is 24.3 Å². The average molecular weight is 288 g/mol. The number of anilines is 2. The maximum atomic E-state index is 12.0. The van der Waals surface area contributed by atoms with Gasteiger partial charge in [0.15, 0.2) is 0 Å². The lowest BCUT2D eigenvalue weighted by Crippen LogP contribution is -2.28. The van der Waals surface area contributed by atoms with Crippen LogP contribution in [0.2, 0.25) is 0 Å². The number of amides is 3. The van der Waals surface area contributed by atoms with Crippen molar-refractivity contribution in [3.63, 3.8) is 0 Å². The van der Waals surface area contributed by atoms with Gasteiger partial charge < -0.3 is 16.0 Å². The molecular formula is C15H20N4O2. The second-order valence-electron chi connectivity index (χ2n) is 5.48. The minimum atomic E-state index is -0.0892. The molecule has 3 N–H and O–H groups in total. The second kappa shape index (κ2) is 6.13. The zero-order valence-corrected chi connectivity index (χ0v) is 11.9. The van der Waals surface area contributed by atoms with Crippen LogP contribution in [0.4, 0.5) is 16.2 Å². The zero-order valence-electron chi connectivity index (χ0n) is 11.9. The molecule has 3 amide bonds. The molecule has 6 nitrogen and oxygen atoms in total. The van der Waals surface area contributed by atoms with Crippen molar-refractivity contribution in [2.45, 2.75) is 25.3 Å². The molecule has 0 spiro atoms. The highest BCUT2D eigenvalue weighted by molar-refractivity contribution is 5.96. The van der Waals surface area contributed by atoms with Gasteiger partial charge in [-0.1, -0.05) is 6.07 Å². The number of carbonyl (C=O) groups is 2. The molecule has 6 heteroatoms. The van der Waals surface area contributed by atoms with Crippen molar-refractivity contribution >= 4 is 23.3 Å². The summed E-state index contributed by atoms with van der Waals surface area (Å²) in [7, 11) is 0. The maximum absolute atomic E-state index is 12.0. The SMILES string of the molecule is O=C(CC1CCCN1)Nc1cccc(N2CCNC2=O)c1. The molecule has 3 rings (SSSR count). The highest BCUT2D eigenvalue weighted by Gasteiger charge is 2.21. The molecule has 0 radical (unpaired) electrons. The molecule has 0 bridgehead atoms. The van der Waals surface area contributed by atoms with Crippen LogP contribution in [0.25, 0.3) is 0 Å². The van der Waals surface area contributed by atoms with Gasteiger partial charge in [0.1, 0.15) is 0 Å². The van der Waals surface area contributed by atoms with Crippen LogP contribution in [0, 0.1) is 0 Å². The van der Waals surface area contributed by atoms with Gasteiger partial charge in [0.05, 0.1) is 0 Å². The van der Waals surface area contributed by atoms with Crippen LogP contribution in [-0.4, -0.2) is 37.6 Å². The number of nitrogens with zero attached hydrogens (tertiary/aromatic N) is 1. The molecule has 1 aromatic carbocycles. The van der Waals surface area contributed by atoms with E-state index in [0.29, 0.717) is 19.5 Å². The van der Waals surface area contributed by atoms with E-state index in [4.69, 9.17) is 0 Å². The molecule has 1 atom stereocenters. The molecule has 2 fully saturated rings. The lowest BCUT2D eigenvalue weighted by molar-refractivity contribution is -0.116. The summed E-state index contributed by atoms with van der Waals surface area (Å²) in [5, 5.41) is 8.99. The van der Waals surface area contributed by atoms with Crippen LogP contribution in [0.5, 0.6) is 0 Å². The van der Waals surface area contributed by atoms with Gasteiger partial charge >= 0.3 is 6.03 Å². The molecule has 2 heterocycles. The van der Waals surface area contributed by atoms with Gasteiger partial charge in [0.2, 0.25) is 5.91 Å². The minimum absolute atomic E-state index is 0.0115. The van der Waals surface area contributed by atoms with E-state index < -0.39 is 0 Å². The number of nitrogens with one attached hydrogen (secondary N) is 3. The standard InChI is InChI=1S/C15H20N4O2/c20-14(10-11-4-2-6-16-11)18-12-3-1-5-13(9-12)19-8-7-17-15(19)21/h1,3,5,9,11,16H,2,4,6-8,10H2,(H,17,21)(H,18,20). The molecule has 2 saturated heterocycles. The smallest absolute Gasteiger partial charge is 0.321 e. The van der Waals surface area contributed by atoms with E-state index in [0.717, 1.165) is 30.8 Å². The summed E-state index contributed by atoms with van der Waals surface area (Å²) in [5.74, 6) is 0.0115. The van der Waals surface area contributed by atoms with E-state index in [1.807, 2.05) is 24.3 Å². The Morgan fingerprint density at radius 2 is 2.29 bits per heavy atom. The Hall–Kier alpha value is -2.08. The Balaban J connectivity index is 1.62. The third kappa shape index (κ3) is 3.33. The van der Waals surface area contributed by atoms with Crippen molar-refractivity contribution < 1.29 is 9.59 Å². The van der Waals surface area contributed by atoms with Crippen LogP contribution >= 0.6 is 0 Å². The van der Waals surface area contributed by atoms with Crippen molar-refractivity contribution in [1.82, 2.24) is 10.6 Å². The first kappa shape index (κ1) is 13.9. The topological polar surface area (TPSA) is 73.5 Å². The Morgan fingerprint density at radius 3 is 3.00 bits per heavy atom. The molecule has 2 aliphatic heterocycles. The Kier molecular flexibility index (Phi) is 4.06. The van der Waals surface area contributed by atoms with Gasteiger partial charge in [-0.2, -0.15) is 0 Å². The van der Waals surface area contributed by atoms with Crippen LogP contribution in [-0.2, 0) is 4.79 Å². The van der Waals surface area contributed by atoms with E-state index in [1.165, 1.54) is 0 Å². The number of rotatable bonds is 4. The van der Waals surface area contributed by atoms with E-state index in [2.05, 4.69) is 16.0 Å². The molecule has 0 aromatic heterocycles. The van der Waals surface area contributed by atoms with Crippen molar-refractivity contribution in [1.29, 1.82) is 0 Å². The first-order chi connectivity index (χ1) is 10.2. The second-order valence-corrected chi connectivity index (χ2v) is 5.48. The third-order valence-electron chi connectivity index (χ3n) is 3.89. The average Bonchev–Trinajstić information content (AvgIpc) is 3.10.